The lowest BCUT2D eigenvalue weighted by Crippen LogP contribution is -2.37. The average Bonchev–Trinajstić information content (AvgIpc) is 2.45. The van der Waals surface area contributed by atoms with Crippen molar-refractivity contribution in [2.24, 2.45) is 0 Å². The van der Waals surface area contributed by atoms with Gasteiger partial charge in [-0.3, -0.25) is 4.90 Å². The molecule has 1 aromatic rings. The summed E-state index contributed by atoms with van der Waals surface area (Å²) in [7, 11) is 0. The topological polar surface area (TPSA) is 88.3 Å². The molecule has 7 nitrogen and oxygen atoms in total. The van der Waals surface area contributed by atoms with E-state index >= 15 is 0 Å². The number of hydrogen-bond acceptors (Lipinski definition) is 7. The number of nitrogens with one attached hydrogen (secondary N) is 2. The molecule has 1 aliphatic rings. The number of nitrogen functional groups attached to an aromatic ring is 1. The van der Waals surface area contributed by atoms with E-state index in [-0.39, 0.29) is 0 Å². The number of hydrogen-bond donors (Lipinski definition) is 3. The van der Waals surface area contributed by atoms with Crippen molar-refractivity contribution < 1.29 is 4.74 Å². The van der Waals surface area contributed by atoms with Crippen molar-refractivity contribution in [3.8, 4) is 0 Å². The summed E-state index contributed by atoms with van der Waals surface area (Å²) in [4.78, 5) is 10.7. The van der Waals surface area contributed by atoms with Crippen molar-refractivity contribution in [2.45, 2.75) is 13.3 Å². The predicted molar refractivity (Wildman–Crippen MR) is 81.0 cm³/mol. The molecule has 0 saturated carbocycles. The molecule has 4 N–H and O–H groups in total. The Hall–Kier alpha value is -1.60. The van der Waals surface area contributed by atoms with Gasteiger partial charge in [0, 0.05) is 32.2 Å². The minimum Gasteiger partial charge on any atom is -0.379 e. The zero-order valence-corrected chi connectivity index (χ0v) is 12.1. The number of rotatable bonds is 7. The van der Waals surface area contributed by atoms with Gasteiger partial charge in [-0.25, -0.2) is 0 Å². The molecule has 1 aliphatic heterocycles. The molecule has 0 bridgehead atoms. The van der Waals surface area contributed by atoms with E-state index in [1.807, 2.05) is 13.0 Å². The van der Waals surface area contributed by atoms with Gasteiger partial charge in [0.25, 0.3) is 0 Å². The SMILES string of the molecule is CCNc1cc(NCCCN2CCOCC2)nc(N)n1. The molecule has 20 heavy (non-hydrogen) atoms. The van der Waals surface area contributed by atoms with Crippen LogP contribution in [0.25, 0.3) is 0 Å². The van der Waals surface area contributed by atoms with E-state index in [1.165, 1.54) is 0 Å². The van der Waals surface area contributed by atoms with Crippen LogP contribution in [0.5, 0.6) is 0 Å². The van der Waals surface area contributed by atoms with Crippen molar-refractivity contribution >= 4 is 17.6 Å². The first-order valence-electron chi connectivity index (χ1n) is 7.20. The maximum atomic E-state index is 5.69. The first kappa shape index (κ1) is 14.8. The van der Waals surface area contributed by atoms with Crippen LogP contribution in [0.2, 0.25) is 0 Å². The summed E-state index contributed by atoms with van der Waals surface area (Å²) >= 11 is 0. The number of nitrogens with zero attached hydrogens (tertiary/aromatic N) is 3. The lowest BCUT2D eigenvalue weighted by Gasteiger charge is -2.26. The van der Waals surface area contributed by atoms with Crippen molar-refractivity contribution in [1.82, 2.24) is 14.9 Å². The Balaban J connectivity index is 1.72. The summed E-state index contributed by atoms with van der Waals surface area (Å²) in [5.74, 6) is 1.82. The first-order chi connectivity index (χ1) is 9.78. The molecule has 0 aromatic carbocycles. The zero-order valence-electron chi connectivity index (χ0n) is 12.1. The molecular formula is C13H24N6O. The summed E-state index contributed by atoms with van der Waals surface area (Å²) in [5.41, 5.74) is 5.69. The highest BCUT2D eigenvalue weighted by atomic mass is 16.5. The van der Waals surface area contributed by atoms with Crippen molar-refractivity contribution in [1.29, 1.82) is 0 Å². The second kappa shape index (κ2) is 7.86. The van der Waals surface area contributed by atoms with Crippen molar-refractivity contribution in [3.63, 3.8) is 0 Å². The fourth-order valence-corrected chi connectivity index (χ4v) is 2.17. The van der Waals surface area contributed by atoms with E-state index in [2.05, 4.69) is 25.5 Å². The molecular weight excluding hydrogens is 256 g/mol. The van der Waals surface area contributed by atoms with Gasteiger partial charge in [-0.15, -0.1) is 0 Å². The minimum atomic E-state index is 0.291. The van der Waals surface area contributed by atoms with Gasteiger partial charge in [-0.1, -0.05) is 0 Å². The number of ether oxygens (including phenoxy) is 1. The molecule has 2 heterocycles. The molecule has 1 fully saturated rings. The summed E-state index contributed by atoms with van der Waals surface area (Å²) in [6.45, 7) is 8.55. The molecule has 0 amide bonds. The maximum Gasteiger partial charge on any atom is 0.223 e. The second-order valence-electron chi connectivity index (χ2n) is 4.76. The average molecular weight is 280 g/mol. The first-order valence-corrected chi connectivity index (χ1v) is 7.20. The number of aromatic nitrogens is 2. The standard InChI is InChI=1S/C13H24N6O/c1-2-15-11-10-12(18-13(14)17-11)16-4-3-5-19-6-8-20-9-7-19/h10H,2-9H2,1H3,(H4,14,15,16,17,18). The van der Waals surface area contributed by atoms with Gasteiger partial charge >= 0.3 is 0 Å². The summed E-state index contributed by atoms with van der Waals surface area (Å²) in [6, 6.07) is 1.88. The number of anilines is 3. The van der Waals surface area contributed by atoms with Gasteiger partial charge in [0.05, 0.1) is 13.2 Å². The molecule has 112 valence electrons. The summed E-state index contributed by atoms with van der Waals surface area (Å²) in [6.07, 6.45) is 1.07. The highest BCUT2D eigenvalue weighted by Gasteiger charge is 2.09. The van der Waals surface area contributed by atoms with Gasteiger partial charge in [0.2, 0.25) is 5.95 Å². The van der Waals surface area contributed by atoms with Crippen LogP contribution in [0.1, 0.15) is 13.3 Å². The zero-order chi connectivity index (χ0) is 14.2. The Morgan fingerprint density at radius 2 is 1.95 bits per heavy atom. The third-order valence-corrected chi connectivity index (χ3v) is 3.16. The molecule has 0 atom stereocenters. The Bertz CT molecular complexity index is 408. The van der Waals surface area contributed by atoms with E-state index in [1.54, 1.807) is 0 Å². The molecule has 2 rings (SSSR count). The fraction of sp³-hybridized carbons (Fsp3) is 0.692. The van der Waals surface area contributed by atoms with Gasteiger partial charge in [0.15, 0.2) is 0 Å². The van der Waals surface area contributed by atoms with Crippen LogP contribution in [-0.4, -0.2) is 60.8 Å². The summed E-state index contributed by atoms with van der Waals surface area (Å²) < 4.78 is 5.33. The Morgan fingerprint density at radius 1 is 1.25 bits per heavy atom. The van der Waals surface area contributed by atoms with E-state index < -0.39 is 0 Å². The van der Waals surface area contributed by atoms with Crippen LogP contribution in [0.3, 0.4) is 0 Å². The molecule has 0 spiro atoms. The third kappa shape index (κ3) is 4.82. The highest BCUT2D eigenvalue weighted by molar-refractivity contribution is 5.50. The van der Waals surface area contributed by atoms with Crippen LogP contribution in [0.15, 0.2) is 6.07 Å². The van der Waals surface area contributed by atoms with Gasteiger partial charge in [-0.2, -0.15) is 9.97 Å². The Kier molecular flexibility index (Phi) is 5.82. The van der Waals surface area contributed by atoms with E-state index in [9.17, 15) is 0 Å². The van der Waals surface area contributed by atoms with Gasteiger partial charge < -0.3 is 21.1 Å². The second-order valence-corrected chi connectivity index (χ2v) is 4.76. The molecule has 0 radical (unpaired) electrons. The van der Waals surface area contributed by atoms with E-state index in [4.69, 9.17) is 10.5 Å². The maximum absolute atomic E-state index is 5.69. The third-order valence-electron chi connectivity index (χ3n) is 3.16. The number of morpholine rings is 1. The van der Waals surface area contributed by atoms with E-state index in [0.29, 0.717) is 5.95 Å². The lowest BCUT2D eigenvalue weighted by atomic mass is 10.3. The van der Waals surface area contributed by atoms with Gasteiger partial charge in [0.1, 0.15) is 11.6 Å². The van der Waals surface area contributed by atoms with Crippen molar-refractivity contribution in [2.75, 3.05) is 62.3 Å². The van der Waals surface area contributed by atoms with Crippen LogP contribution >= 0.6 is 0 Å². The Morgan fingerprint density at radius 3 is 2.65 bits per heavy atom. The predicted octanol–water partition coefficient (Wildman–Crippen LogP) is 0.625. The number of nitrogens with two attached hydrogens (primary N) is 1. The highest BCUT2D eigenvalue weighted by Crippen LogP contribution is 2.12. The van der Waals surface area contributed by atoms with E-state index in [0.717, 1.165) is 64.0 Å². The fourth-order valence-electron chi connectivity index (χ4n) is 2.17. The smallest absolute Gasteiger partial charge is 0.223 e. The quantitative estimate of drug-likeness (QED) is 0.631. The van der Waals surface area contributed by atoms with Crippen molar-refractivity contribution in [3.05, 3.63) is 6.07 Å². The Labute approximate surface area is 119 Å². The van der Waals surface area contributed by atoms with Crippen LogP contribution in [0.4, 0.5) is 17.6 Å². The minimum absolute atomic E-state index is 0.291. The monoisotopic (exact) mass is 280 g/mol. The molecule has 0 unspecified atom stereocenters. The van der Waals surface area contributed by atoms with Crippen LogP contribution in [0, 0.1) is 0 Å². The normalized spacial score (nSPS) is 16.1. The van der Waals surface area contributed by atoms with Crippen LogP contribution in [-0.2, 0) is 4.74 Å². The largest absolute Gasteiger partial charge is 0.379 e. The summed E-state index contributed by atoms with van der Waals surface area (Å²) in [5, 5.41) is 6.43. The van der Waals surface area contributed by atoms with Gasteiger partial charge in [-0.05, 0) is 19.9 Å². The molecule has 0 aliphatic carbocycles. The lowest BCUT2D eigenvalue weighted by molar-refractivity contribution is 0.0378. The molecule has 1 saturated heterocycles. The molecule has 1 aromatic heterocycles. The van der Waals surface area contributed by atoms with Crippen LogP contribution < -0.4 is 16.4 Å². The molecule has 7 heteroatoms.